The number of amides is 3. The van der Waals surface area contributed by atoms with Crippen molar-refractivity contribution in [1.29, 1.82) is 0 Å². The molecule has 0 aliphatic carbocycles. The first-order valence-electron chi connectivity index (χ1n) is 14.1. The number of hydrogen-bond acceptors (Lipinski definition) is 5. The Labute approximate surface area is 240 Å². The summed E-state index contributed by atoms with van der Waals surface area (Å²) in [6.07, 6.45) is 4.21. The normalized spacial score (nSPS) is 16.4. The molecule has 2 aliphatic rings. The number of aromatic nitrogens is 1. The van der Waals surface area contributed by atoms with Gasteiger partial charge in [0, 0.05) is 41.3 Å². The van der Waals surface area contributed by atoms with Gasteiger partial charge >= 0.3 is 0 Å². The van der Waals surface area contributed by atoms with E-state index in [-0.39, 0.29) is 23.8 Å². The summed E-state index contributed by atoms with van der Waals surface area (Å²) in [6, 6.07) is 12.5. The Morgan fingerprint density at radius 2 is 1.80 bits per heavy atom. The Kier molecular flexibility index (Phi) is 8.26. The molecule has 0 spiro atoms. The van der Waals surface area contributed by atoms with Crippen molar-refractivity contribution in [2.75, 3.05) is 38.6 Å². The van der Waals surface area contributed by atoms with Crippen LogP contribution in [0, 0.1) is 13.8 Å². The van der Waals surface area contributed by atoms with Crippen LogP contribution in [0.1, 0.15) is 74.6 Å². The largest absolute Gasteiger partial charge is 0.497 e. The fraction of sp³-hybridized carbons (Fsp3) is 0.344. The quantitative estimate of drug-likeness (QED) is 0.291. The highest BCUT2D eigenvalue weighted by molar-refractivity contribution is 6.35. The second-order valence-electron chi connectivity index (χ2n) is 10.7. The first kappa shape index (κ1) is 28.2. The minimum atomic E-state index is -0.257. The van der Waals surface area contributed by atoms with E-state index in [4.69, 9.17) is 4.74 Å². The summed E-state index contributed by atoms with van der Waals surface area (Å²) in [5.41, 5.74) is 6.02. The molecular weight excluding hydrogens is 518 g/mol. The van der Waals surface area contributed by atoms with Crippen LogP contribution in [-0.2, 0) is 4.79 Å². The minimum Gasteiger partial charge on any atom is -0.497 e. The van der Waals surface area contributed by atoms with E-state index in [0.29, 0.717) is 40.2 Å². The molecule has 1 atom stereocenters. The topological polar surface area (TPSA) is 116 Å². The first-order chi connectivity index (χ1) is 19.7. The smallest absolute Gasteiger partial charge is 0.256 e. The van der Waals surface area contributed by atoms with E-state index in [1.807, 2.05) is 45.0 Å². The molecule has 0 saturated carbocycles. The first-order valence-corrected chi connectivity index (χ1v) is 14.1. The summed E-state index contributed by atoms with van der Waals surface area (Å²) in [5.74, 6) is 0.143. The molecule has 41 heavy (non-hydrogen) atoms. The Balaban J connectivity index is 1.29. The zero-order chi connectivity index (χ0) is 29.1. The minimum absolute atomic E-state index is 0.115. The van der Waals surface area contributed by atoms with E-state index < -0.39 is 0 Å². The predicted octanol–water partition coefficient (Wildman–Crippen LogP) is 4.45. The number of carbonyl (C=O) groups excluding carboxylic acids is 3. The summed E-state index contributed by atoms with van der Waals surface area (Å²) in [4.78, 5) is 44.6. The second kappa shape index (κ2) is 12.0. The average molecular weight is 556 g/mol. The van der Waals surface area contributed by atoms with Crippen molar-refractivity contribution in [1.82, 2.24) is 20.5 Å². The summed E-state index contributed by atoms with van der Waals surface area (Å²) in [7, 11) is 1.61. The van der Waals surface area contributed by atoms with Crippen molar-refractivity contribution in [3.8, 4) is 5.75 Å². The van der Waals surface area contributed by atoms with Gasteiger partial charge in [0.1, 0.15) is 5.75 Å². The molecule has 1 aromatic heterocycles. The fourth-order valence-electron chi connectivity index (χ4n) is 5.56. The molecule has 4 N–H and O–H groups in total. The van der Waals surface area contributed by atoms with Gasteiger partial charge in [0.2, 0.25) is 0 Å². The number of benzene rings is 2. The number of ether oxygens (including phenoxy) is 1. The Morgan fingerprint density at radius 3 is 2.51 bits per heavy atom. The van der Waals surface area contributed by atoms with Crippen LogP contribution in [0.15, 0.2) is 42.5 Å². The van der Waals surface area contributed by atoms with Crippen molar-refractivity contribution in [3.63, 3.8) is 0 Å². The lowest BCUT2D eigenvalue weighted by Crippen LogP contribution is -2.33. The Hall–Kier alpha value is -4.37. The third kappa shape index (κ3) is 6.05. The van der Waals surface area contributed by atoms with E-state index in [1.54, 1.807) is 31.4 Å². The maximum Gasteiger partial charge on any atom is 0.256 e. The van der Waals surface area contributed by atoms with Crippen LogP contribution in [0.4, 0.5) is 5.69 Å². The Morgan fingerprint density at radius 1 is 1.07 bits per heavy atom. The molecule has 0 radical (unpaired) electrons. The number of aryl methyl sites for hydroxylation is 1. The van der Waals surface area contributed by atoms with Crippen LogP contribution in [-0.4, -0.2) is 60.9 Å². The van der Waals surface area contributed by atoms with Crippen LogP contribution in [0.3, 0.4) is 0 Å². The number of carbonyl (C=O) groups is 3. The van der Waals surface area contributed by atoms with Crippen LogP contribution in [0.25, 0.3) is 11.6 Å². The number of fused-ring (bicyclic) bond motifs is 1. The molecule has 9 nitrogen and oxygen atoms in total. The maximum absolute atomic E-state index is 13.0. The van der Waals surface area contributed by atoms with Gasteiger partial charge in [-0.05, 0) is 88.2 Å². The molecule has 3 heterocycles. The van der Waals surface area contributed by atoms with Crippen molar-refractivity contribution in [3.05, 3.63) is 81.7 Å². The van der Waals surface area contributed by atoms with Crippen LogP contribution in [0.5, 0.6) is 5.75 Å². The van der Waals surface area contributed by atoms with E-state index in [9.17, 15) is 14.4 Å². The predicted molar refractivity (Wildman–Crippen MR) is 160 cm³/mol. The standard InChI is InChI=1S/C32H37N5O4/c1-19-27(34-21(3)29(19)32(40)33-13-16-37-14-5-6-15-37)18-26-25-12-9-23(17-28(25)36-31(26)39)30(38)35-20(2)22-7-10-24(41-4)11-8-22/h7-12,17-18,20,34H,5-6,13-16H2,1-4H3,(H,33,40)(H,35,38)(H,36,39)/t20-/m1/s1. The molecule has 3 amide bonds. The van der Waals surface area contributed by atoms with Crippen LogP contribution in [0.2, 0.25) is 0 Å². The molecule has 2 aromatic carbocycles. The number of rotatable bonds is 9. The SMILES string of the molecule is COc1ccc([C@@H](C)NC(=O)c2ccc3c(c2)NC(=O)C3=Cc2[nH]c(C)c(C(=O)NCCN3CCCC3)c2C)cc1. The average Bonchev–Trinajstić information content (AvgIpc) is 3.66. The monoisotopic (exact) mass is 555 g/mol. The fourth-order valence-corrected chi connectivity index (χ4v) is 5.56. The highest BCUT2D eigenvalue weighted by atomic mass is 16.5. The van der Waals surface area contributed by atoms with Crippen molar-refractivity contribution >= 4 is 35.1 Å². The summed E-state index contributed by atoms with van der Waals surface area (Å²) < 4.78 is 5.20. The van der Waals surface area contributed by atoms with Crippen LogP contribution >= 0.6 is 0 Å². The van der Waals surface area contributed by atoms with Gasteiger partial charge in [-0.25, -0.2) is 0 Å². The van der Waals surface area contributed by atoms with Gasteiger partial charge in [0.25, 0.3) is 17.7 Å². The van der Waals surface area contributed by atoms with Crippen molar-refractivity contribution < 1.29 is 19.1 Å². The van der Waals surface area contributed by atoms with Crippen LogP contribution < -0.4 is 20.7 Å². The number of anilines is 1. The third-order valence-corrected chi connectivity index (χ3v) is 7.93. The lowest BCUT2D eigenvalue weighted by atomic mass is 10.0. The van der Waals surface area contributed by atoms with E-state index in [1.165, 1.54) is 12.8 Å². The molecule has 2 aliphatic heterocycles. The van der Waals surface area contributed by atoms with Gasteiger partial charge < -0.3 is 30.6 Å². The number of hydrogen-bond donors (Lipinski definition) is 4. The molecule has 1 saturated heterocycles. The van der Waals surface area contributed by atoms with Gasteiger partial charge in [-0.3, -0.25) is 14.4 Å². The summed E-state index contributed by atoms with van der Waals surface area (Å²) in [6.45, 7) is 9.30. The van der Waals surface area contributed by atoms with E-state index in [0.717, 1.165) is 42.2 Å². The summed E-state index contributed by atoms with van der Waals surface area (Å²) in [5, 5.41) is 8.93. The number of nitrogens with one attached hydrogen (secondary N) is 4. The van der Waals surface area contributed by atoms with E-state index in [2.05, 4.69) is 25.8 Å². The third-order valence-electron chi connectivity index (χ3n) is 7.93. The number of H-pyrrole nitrogens is 1. The van der Waals surface area contributed by atoms with Gasteiger partial charge in [-0.2, -0.15) is 0 Å². The van der Waals surface area contributed by atoms with Gasteiger partial charge in [0.05, 0.1) is 24.3 Å². The Bertz CT molecular complexity index is 1500. The molecule has 1 fully saturated rings. The highest BCUT2D eigenvalue weighted by Crippen LogP contribution is 2.35. The molecular formula is C32H37N5O4. The number of likely N-dealkylation sites (tertiary alicyclic amines) is 1. The molecule has 5 rings (SSSR count). The zero-order valence-corrected chi connectivity index (χ0v) is 24.0. The number of methoxy groups -OCH3 is 1. The summed E-state index contributed by atoms with van der Waals surface area (Å²) >= 11 is 0. The van der Waals surface area contributed by atoms with Crippen molar-refractivity contribution in [2.24, 2.45) is 0 Å². The van der Waals surface area contributed by atoms with Gasteiger partial charge in [-0.1, -0.05) is 18.2 Å². The molecule has 214 valence electrons. The lowest BCUT2D eigenvalue weighted by molar-refractivity contribution is -0.110. The number of nitrogens with zero attached hydrogens (tertiary/aromatic N) is 1. The zero-order valence-electron chi connectivity index (χ0n) is 24.0. The molecule has 9 heteroatoms. The van der Waals surface area contributed by atoms with Gasteiger partial charge in [0.15, 0.2) is 0 Å². The lowest BCUT2D eigenvalue weighted by Gasteiger charge is -2.15. The number of aromatic amines is 1. The molecule has 3 aromatic rings. The van der Waals surface area contributed by atoms with Gasteiger partial charge in [-0.15, -0.1) is 0 Å². The highest BCUT2D eigenvalue weighted by Gasteiger charge is 2.27. The molecule has 0 bridgehead atoms. The van der Waals surface area contributed by atoms with Crippen molar-refractivity contribution in [2.45, 2.75) is 39.7 Å². The molecule has 0 unspecified atom stereocenters. The second-order valence-corrected chi connectivity index (χ2v) is 10.7. The van der Waals surface area contributed by atoms with E-state index >= 15 is 0 Å². The maximum atomic E-state index is 13.0.